The Balaban J connectivity index is 1.60. The van der Waals surface area contributed by atoms with Crippen molar-refractivity contribution in [2.75, 3.05) is 19.6 Å². The zero-order valence-corrected chi connectivity index (χ0v) is 18.0. The highest BCUT2D eigenvalue weighted by molar-refractivity contribution is 7.19. The van der Waals surface area contributed by atoms with Crippen LogP contribution in [0.15, 0.2) is 23.2 Å². The molecular weight excluding hydrogens is 427 g/mol. The molecule has 0 bridgehead atoms. The highest BCUT2D eigenvalue weighted by atomic mass is 32.1. The molecule has 0 aliphatic carbocycles. The number of hydrogen-bond acceptors (Lipinski definition) is 7. The average molecular weight is 450 g/mol. The van der Waals surface area contributed by atoms with Crippen LogP contribution in [0.2, 0.25) is 0 Å². The lowest BCUT2D eigenvalue weighted by atomic mass is 9.99. The second-order valence-electron chi connectivity index (χ2n) is 7.60. The van der Waals surface area contributed by atoms with Crippen molar-refractivity contribution in [3.8, 4) is 17.0 Å². The normalized spacial score (nSPS) is 18.3. The lowest BCUT2D eigenvalue weighted by Crippen LogP contribution is -2.35. The van der Waals surface area contributed by atoms with Crippen LogP contribution in [0.5, 0.6) is 5.75 Å². The molecule has 1 N–H and O–H groups in total. The Hall–Kier alpha value is -2.59. The molecule has 1 fully saturated rings. The molecule has 1 aliphatic heterocycles. The summed E-state index contributed by atoms with van der Waals surface area (Å²) in [5.41, 5.74) is 1.09. The zero-order chi connectivity index (χ0) is 22.2. The van der Waals surface area contributed by atoms with Crippen molar-refractivity contribution in [1.82, 2.24) is 20.1 Å². The van der Waals surface area contributed by atoms with E-state index in [2.05, 4.69) is 32.0 Å². The van der Waals surface area contributed by atoms with Crippen molar-refractivity contribution in [2.45, 2.75) is 32.9 Å². The van der Waals surface area contributed by atoms with Gasteiger partial charge in [-0.2, -0.15) is 13.2 Å². The van der Waals surface area contributed by atoms with Gasteiger partial charge in [0.25, 0.3) is 5.95 Å². The van der Waals surface area contributed by atoms with E-state index in [4.69, 9.17) is 0 Å². The van der Waals surface area contributed by atoms with Crippen LogP contribution in [0.3, 0.4) is 0 Å². The number of phenolic OH excluding ortho intramolecular Hbond substituents is 1. The minimum Gasteiger partial charge on any atom is -0.507 e. The number of halogens is 3. The molecule has 1 saturated heterocycles. The number of hydrogen-bond donors (Lipinski definition) is 1. The molecule has 0 radical (unpaired) electrons. The zero-order valence-electron chi connectivity index (χ0n) is 17.1. The Bertz CT molecular complexity index is 1130. The number of rotatable bonds is 4. The molecule has 1 aromatic carbocycles. The highest BCUT2D eigenvalue weighted by Gasteiger charge is 2.33. The first kappa shape index (κ1) is 21.6. The predicted molar refractivity (Wildman–Crippen MR) is 115 cm³/mol. The van der Waals surface area contributed by atoms with Gasteiger partial charge in [0.05, 0.1) is 5.69 Å². The molecule has 4 rings (SSSR count). The first-order chi connectivity index (χ1) is 14.8. The topological polar surface area (TPSA) is 74.5 Å². The Morgan fingerprint density at radius 1 is 1.32 bits per heavy atom. The molecule has 0 spiro atoms. The van der Waals surface area contributed by atoms with Crippen molar-refractivity contribution in [3.05, 3.63) is 28.8 Å². The van der Waals surface area contributed by atoms with Crippen molar-refractivity contribution >= 4 is 33.6 Å². The van der Waals surface area contributed by atoms with E-state index in [1.165, 1.54) is 6.07 Å². The summed E-state index contributed by atoms with van der Waals surface area (Å²) < 4.78 is 39.4. The number of aliphatic imine (C=N–C) groups is 1. The van der Waals surface area contributed by atoms with Crippen molar-refractivity contribution in [1.29, 1.82) is 0 Å². The van der Waals surface area contributed by atoms with Crippen LogP contribution in [0.4, 0.5) is 19.1 Å². The molecular formula is C21H22F3N5OS. The van der Waals surface area contributed by atoms with E-state index in [-0.39, 0.29) is 22.6 Å². The second kappa shape index (κ2) is 8.51. The maximum Gasteiger partial charge on any atom is 0.425 e. The number of benzene rings is 1. The molecule has 6 nitrogen and oxygen atoms in total. The number of alkyl halides is 3. The Morgan fingerprint density at radius 2 is 2.13 bits per heavy atom. The van der Waals surface area contributed by atoms with Crippen LogP contribution >= 0.6 is 11.3 Å². The molecule has 1 atom stereocenters. The largest absolute Gasteiger partial charge is 0.507 e. The molecule has 164 valence electrons. The van der Waals surface area contributed by atoms with Crippen LogP contribution < -0.4 is 0 Å². The summed E-state index contributed by atoms with van der Waals surface area (Å²) in [6, 6.07) is 4.04. The van der Waals surface area contributed by atoms with Crippen molar-refractivity contribution in [2.24, 2.45) is 10.9 Å². The number of aromatic nitrogens is 3. The molecule has 1 unspecified atom stereocenters. The van der Waals surface area contributed by atoms with Gasteiger partial charge in [-0.1, -0.05) is 6.92 Å². The summed E-state index contributed by atoms with van der Waals surface area (Å²) in [5.74, 6) is 0.303. The summed E-state index contributed by atoms with van der Waals surface area (Å²) in [5, 5.41) is 18.9. The molecule has 3 heterocycles. The van der Waals surface area contributed by atoms with Gasteiger partial charge in [-0.15, -0.1) is 21.5 Å². The van der Waals surface area contributed by atoms with Crippen LogP contribution in [0.1, 0.15) is 30.3 Å². The van der Waals surface area contributed by atoms with E-state index in [9.17, 15) is 18.3 Å². The number of fused-ring (bicyclic) bond motifs is 1. The second-order valence-corrected chi connectivity index (χ2v) is 8.69. The minimum atomic E-state index is -4.46. The molecule has 10 heteroatoms. The third-order valence-corrected chi connectivity index (χ3v) is 6.59. The number of aryl methyl sites for hydroxylation is 1. The van der Waals surface area contributed by atoms with Crippen LogP contribution in [0.25, 0.3) is 21.3 Å². The summed E-state index contributed by atoms with van der Waals surface area (Å²) in [6.07, 6.45) is -0.397. The van der Waals surface area contributed by atoms with Crippen LogP contribution in [0, 0.1) is 12.8 Å². The summed E-state index contributed by atoms with van der Waals surface area (Å²) in [6.45, 7) is 6.93. The molecule has 2 aromatic heterocycles. The van der Waals surface area contributed by atoms with E-state index in [0.717, 1.165) is 38.5 Å². The van der Waals surface area contributed by atoms with E-state index in [1.54, 1.807) is 13.0 Å². The van der Waals surface area contributed by atoms with Gasteiger partial charge in [0.2, 0.25) is 0 Å². The fourth-order valence-electron chi connectivity index (χ4n) is 3.80. The first-order valence-corrected chi connectivity index (χ1v) is 10.9. The third kappa shape index (κ3) is 4.54. The van der Waals surface area contributed by atoms with E-state index < -0.39 is 11.1 Å². The summed E-state index contributed by atoms with van der Waals surface area (Å²) >= 11 is 0.591. The number of phenols is 1. The SMILES string of the molecule is CCN1CCCC(/C=N/c2nnc(-c3ccc4sc(C(F)(F)F)cc4c3O)c(C)n2)C1. The number of piperidine rings is 1. The standard InChI is InChI=1S/C21H22F3N5OS/c1-3-29-8-4-5-13(11-29)10-25-20-26-12(2)18(27-28-20)14-6-7-16-15(19(14)30)9-17(31-16)21(22,23)24/h6-7,9-10,13,30H,3-5,8,11H2,1-2H3/b25-10+. The van der Waals surface area contributed by atoms with Gasteiger partial charge < -0.3 is 10.0 Å². The number of thiophene rings is 1. The number of nitrogens with zero attached hydrogens (tertiary/aromatic N) is 5. The van der Waals surface area contributed by atoms with Crippen LogP contribution in [-0.2, 0) is 6.18 Å². The Morgan fingerprint density at radius 3 is 2.84 bits per heavy atom. The predicted octanol–water partition coefficient (Wildman–Crippen LogP) is 5.22. The van der Waals surface area contributed by atoms with Crippen molar-refractivity contribution < 1.29 is 18.3 Å². The molecule has 0 saturated carbocycles. The minimum absolute atomic E-state index is 0.135. The molecule has 31 heavy (non-hydrogen) atoms. The fraction of sp³-hybridized carbons (Fsp3) is 0.429. The van der Waals surface area contributed by atoms with Gasteiger partial charge in [0, 0.05) is 34.3 Å². The maximum absolute atomic E-state index is 13.0. The van der Waals surface area contributed by atoms with E-state index >= 15 is 0 Å². The number of likely N-dealkylation sites (tertiary alicyclic amines) is 1. The van der Waals surface area contributed by atoms with E-state index in [0.29, 0.717) is 33.3 Å². The van der Waals surface area contributed by atoms with Crippen LogP contribution in [-0.4, -0.2) is 51.0 Å². The van der Waals surface area contributed by atoms with Gasteiger partial charge in [-0.25, -0.2) is 9.98 Å². The Labute approximate surface area is 181 Å². The quantitative estimate of drug-likeness (QED) is 0.553. The fourth-order valence-corrected chi connectivity index (χ4v) is 4.73. The monoisotopic (exact) mass is 449 g/mol. The average Bonchev–Trinajstić information content (AvgIpc) is 3.19. The van der Waals surface area contributed by atoms with Gasteiger partial charge in [0.15, 0.2) is 0 Å². The summed E-state index contributed by atoms with van der Waals surface area (Å²) in [4.78, 5) is 10.4. The Kier molecular flexibility index (Phi) is 5.94. The maximum atomic E-state index is 13.0. The molecule has 1 aliphatic rings. The third-order valence-electron chi connectivity index (χ3n) is 5.45. The van der Waals surface area contributed by atoms with Crippen molar-refractivity contribution in [3.63, 3.8) is 0 Å². The summed E-state index contributed by atoms with van der Waals surface area (Å²) in [7, 11) is 0. The van der Waals surface area contributed by atoms with Gasteiger partial charge in [-0.05, 0) is 51.1 Å². The molecule has 0 amide bonds. The molecule has 3 aromatic rings. The smallest absolute Gasteiger partial charge is 0.425 e. The highest BCUT2D eigenvalue weighted by Crippen LogP contribution is 2.44. The van der Waals surface area contributed by atoms with Gasteiger partial charge in [-0.3, -0.25) is 0 Å². The van der Waals surface area contributed by atoms with E-state index in [1.807, 2.05) is 6.21 Å². The number of aromatic hydroxyl groups is 1. The van der Waals surface area contributed by atoms with Gasteiger partial charge in [0.1, 0.15) is 16.3 Å². The van der Waals surface area contributed by atoms with Gasteiger partial charge >= 0.3 is 6.18 Å². The lowest BCUT2D eigenvalue weighted by molar-refractivity contribution is -0.134. The lowest BCUT2D eigenvalue weighted by Gasteiger charge is -2.29. The first-order valence-electron chi connectivity index (χ1n) is 10.1.